The van der Waals surface area contributed by atoms with E-state index in [2.05, 4.69) is 15.2 Å². The predicted molar refractivity (Wildman–Crippen MR) is 91.3 cm³/mol. The number of hydrogen-bond donors (Lipinski definition) is 1. The Hall–Kier alpha value is -2.74. The first-order chi connectivity index (χ1) is 11.8. The van der Waals surface area contributed by atoms with E-state index in [0.717, 1.165) is 11.4 Å². The first-order valence-electron chi connectivity index (χ1n) is 7.25. The van der Waals surface area contributed by atoms with Gasteiger partial charge in [-0.15, -0.1) is 10.2 Å². The lowest BCUT2D eigenvalue weighted by Crippen LogP contribution is -2.15. The standard InChI is InChI=1S/C16H17N5O2S/c1-22-13-6-4-7-14(9-13)23-10-15-19-20-16(21(15)17)24-11-12-5-2-3-8-18-12/h2-9H,10-11,17H2,1H3. The van der Waals surface area contributed by atoms with Crippen LogP contribution in [0.1, 0.15) is 11.5 Å². The highest BCUT2D eigenvalue weighted by atomic mass is 32.2. The summed E-state index contributed by atoms with van der Waals surface area (Å²) in [6.07, 6.45) is 1.76. The van der Waals surface area contributed by atoms with Gasteiger partial charge in [-0.05, 0) is 24.3 Å². The number of hydrogen-bond acceptors (Lipinski definition) is 7. The van der Waals surface area contributed by atoms with E-state index < -0.39 is 0 Å². The fraction of sp³-hybridized carbons (Fsp3) is 0.188. The molecule has 0 aliphatic carbocycles. The lowest BCUT2D eigenvalue weighted by atomic mass is 10.3. The molecule has 2 aromatic heterocycles. The van der Waals surface area contributed by atoms with Crippen molar-refractivity contribution >= 4 is 11.8 Å². The number of nitrogens with two attached hydrogens (primary N) is 1. The number of pyridine rings is 1. The van der Waals surface area contributed by atoms with Gasteiger partial charge in [-0.25, -0.2) is 4.68 Å². The highest BCUT2D eigenvalue weighted by Crippen LogP contribution is 2.21. The van der Waals surface area contributed by atoms with E-state index >= 15 is 0 Å². The Balaban J connectivity index is 1.60. The number of nitrogens with zero attached hydrogens (tertiary/aromatic N) is 4. The largest absolute Gasteiger partial charge is 0.497 e. The predicted octanol–water partition coefficient (Wildman–Crippen LogP) is 2.27. The van der Waals surface area contributed by atoms with Crippen molar-refractivity contribution in [2.24, 2.45) is 0 Å². The van der Waals surface area contributed by atoms with Crippen molar-refractivity contribution < 1.29 is 9.47 Å². The van der Waals surface area contributed by atoms with Gasteiger partial charge >= 0.3 is 0 Å². The zero-order chi connectivity index (χ0) is 16.8. The third-order valence-corrected chi connectivity index (χ3v) is 4.20. The molecule has 0 aliphatic rings. The molecule has 0 aliphatic heterocycles. The zero-order valence-corrected chi connectivity index (χ0v) is 13.9. The lowest BCUT2D eigenvalue weighted by molar-refractivity contribution is 0.289. The van der Waals surface area contributed by atoms with Crippen LogP contribution in [0.4, 0.5) is 0 Å². The van der Waals surface area contributed by atoms with E-state index in [1.807, 2.05) is 36.4 Å². The molecule has 3 rings (SSSR count). The summed E-state index contributed by atoms with van der Waals surface area (Å²) in [4.78, 5) is 4.27. The number of methoxy groups -OCH3 is 1. The minimum absolute atomic E-state index is 0.223. The van der Waals surface area contributed by atoms with Gasteiger partial charge in [0.1, 0.15) is 18.1 Å². The topological polar surface area (TPSA) is 88.1 Å². The van der Waals surface area contributed by atoms with Gasteiger partial charge in [0, 0.05) is 18.0 Å². The van der Waals surface area contributed by atoms with Crippen molar-refractivity contribution in [2.45, 2.75) is 17.5 Å². The Bertz CT molecular complexity index is 794. The summed E-state index contributed by atoms with van der Waals surface area (Å²) >= 11 is 1.48. The summed E-state index contributed by atoms with van der Waals surface area (Å²) < 4.78 is 12.3. The van der Waals surface area contributed by atoms with Crippen LogP contribution in [0.3, 0.4) is 0 Å². The van der Waals surface area contributed by atoms with Crippen molar-refractivity contribution in [1.82, 2.24) is 19.9 Å². The molecule has 24 heavy (non-hydrogen) atoms. The Morgan fingerprint density at radius 1 is 1.12 bits per heavy atom. The quantitative estimate of drug-likeness (QED) is 0.520. The second-order valence-corrected chi connectivity index (χ2v) is 5.79. The third kappa shape index (κ3) is 3.96. The van der Waals surface area contributed by atoms with Crippen LogP contribution in [-0.4, -0.2) is 27.0 Å². The minimum Gasteiger partial charge on any atom is -0.497 e. The molecule has 0 saturated carbocycles. The normalized spacial score (nSPS) is 10.5. The fourth-order valence-electron chi connectivity index (χ4n) is 1.96. The molecule has 3 aromatic rings. The Morgan fingerprint density at radius 2 is 2.00 bits per heavy atom. The summed E-state index contributed by atoms with van der Waals surface area (Å²) in [5, 5.41) is 8.79. The molecule has 2 N–H and O–H groups in total. The molecule has 2 heterocycles. The van der Waals surface area contributed by atoms with Gasteiger partial charge in [-0.3, -0.25) is 4.98 Å². The molecule has 0 bridgehead atoms. The van der Waals surface area contributed by atoms with Crippen LogP contribution in [0.25, 0.3) is 0 Å². The second-order valence-electron chi connectivity index (χ2n) is 4.85. The zero-order valence-electron chi connectivity index (χ0n) is 13.1. The minimum atomic E-state index is 0.223. The van der Waals surface area contributed by atoms with E-state index in [-0.39, 0.29) is 6.61 Å². The maximum Gasteiger partial charge on any atom is 0.210 e. The fourth-order valence-corrected chi connectivity index (χ4v) is 2.76. The molecule has 124 valence electrons. The van der Waals surface area contributed by atoms with Crippen LogP contribution in [0.2, 0.25) is 0 Å². The van der Waals surface area contributed by atoms with Gasteiger partial charge in [-0.1, -0.05) is 23.9 Å². The van der Waals surface area contributed by atoms with Gasteiger partial charge < -0.3 is 15.3 Å². The van der Waals surface area contributed by atoms with Crippen molar-refractivity contribution in [1.29, 1.82) is 0 Å². The second kappa shape index (κ2) is 7.69. The van der Waals surface area contributed by atoms with Crippen LogP contribution in [0, 0.1) is 0 Å². The van der Waals surface area contributed by atoms with Gasteiger partial charge in [0.2, 0.25) is 5.16 Å². The van der Waals surface area contributed by atoms with E-state index in [0.29, 0.717) is 22.5 Å². The first kappa shape index (κ1) is 16.1. The smallest absolute Gasteiger partial charge is 0.210 e. The van der Waals surface area contributed by atoms with Crippen molar-refractivity contribution in [2.75, 3.05) is 13.0 Å². The highest BCUT2D eigenvalue weighted by Gasteiger charge is 2.11. The van der Waals surface area contributed by atoms with Crippen LogP contribution in [0.5, 0.6) is 11.5 Å². The van der Waals surface area contributed by atoms with Gasteiger partial charge in [0.25, 0.3) is 0 Å². The number of rotatable bonds is 7. The average molecular weight is 343 g/mol. The summed E-state index contributed by atoms with van der Waals surface area (Å²) in [7, 11) is 1.61. The Kier molecular flexibility index (Phi) is 5.17. The number of ether oxygens (including phenoxy) is 2. The molecule has 0 unspecified atom stereocenters. The van der Waals surface area contributed by atoms with E-state index in [9.17, 15) is 0 Å². The summed E-state index contributed by atoms with van der Waals surface area (Å²) in [5.41, 5.74) is 0.958. The van der Waals surface area contributed by atoms with Crippen molar-refractivity contribution in [3.05, 3.63) is 60.2 Å². The molecular formula is C16H17N5O2S. The van der Waals surface area contributed by atoms with Gasteiger partial charge in [0.15, 0.2) is 5.82 Å². The van der Waals surface area contributed by atoms with E-state index in [4.69, 9.17) is 15.3 Å². The number of thioether (sulfide) groups is 1. The molecule has 0 amide bonds. The molecule has 7 nitrogen and oxygen atoms in total. The number of benzene rings is 1. The maximum atomic E-state index is 6.03. The molecule has 0 radical (unpaired) electrons. The first-order valence-corrected chi connectivity index (χ1v) is 8.24. The summed E-state index contributed by atoms with van der Waals surface area (Å²) in [6, 6.07) is 13.1. The molecular weight excluding hydrogens is 326 g/mol. The van der Waals surface area contributed by atoms with Crippen LogP contribution in [-0.2, 0) is 12.4 Å². The maximum absolute atomic E-state index is 6.03. The van der Waals surface area contributed by atoms with Crippen LogP contribution in [0.15, 0.2) is 53.8 Å². The Morgan fingerprint density at radius 3 is 2.79 bits per heavy atom. The third-order valence-electron chi connectivity index (χ3n) is 3.22. The molecule has 0 fully saturated rings. The molecule has 8 heteroatoms. The lowest BCUT2D eigenvalue weighted by Gasteiger charge is -2.07. The van der Waals surface area contributed by atoms with Crippen LogP contribution >= 0.6 is 11.8 Å². The molecule has 0 atom stereocenters. The number of nitrogen functional groups attached to an aromatic ring is 1. The monoisotopic (exact) mass is 343 g/mol. The highest BCUT2D eigenvalue weighted by molar-refractivity contribution is 7.98. The van der Waals surface area contributed by atoms with Gasteiger partial charge in [-0.2, -0.15) is 0 Å². The summed E-state index contributed by atoms with van der Waals surface area (Å²) in [5.74, 6) is 8.66. The average Bonchev–Trinajstić information content (AvgIpc) is 2.99. The number of aromatic nitrogens is 4. The van der Waals surface area contributed by atoms with E-state index in [1.165, 1.54) is 16.4 Å². The van der Waals surface area contributed by atoms with Crippen molar-refractivity contribution in [3.8, 4) is 11.5 Å². The van der Waals surface area contributed by atoms with E-state index in [1.54, 1.807) is 19.4 Å². The molecule has 1 aromatic carbocycles. The molecule has 0 spiro atoms. The molecule has 0 saturated heterocycles. The van der Waals surface area contributed by atoms with Crippen LogP contribution < -0.4 is 15.3 Å². The Labute approximate surface area is 143 Å². The SMILES string of the molecule is COc1cccc(OCc2nnc(SCc3ccccn3)n2N)c1. The van der Waals surface area contributed by atoms with Crippen molar-refractivity contribution in [3.63, 3.8) is 0 Å². The summed E-state index contributed by atoms with van der Waals surface area (Å²) in [6.45, 7) is 0.223. The van der Waals surface area contributed by atoms with Gasteiger partial charge in [0.05, 0.1) is 12.8 Å².